The Hall–Kier alpha value is -0.610. The SMILES string of the molecule is CCCCCCCCCCCCCCCCCCOCC(C)(COCCCCCCCCCCCCCCCCCC)NC(C)=O. The number of hydrogen-bond acceptors (Lipinski definition) is 3. The predicted molar refractivity (Wildman–Crippen MR) is 203 cm³/mol. The summed E-state index contributed by atoms with van der Waals surface area (Å²) in [6.45, 7) is 10.8. The molecule has 0 unspecified atom stereocenters. The quantitative estimate of drug-likeness (QED) is 0.0673. The van der Waals surface area contributed by atoms with Crippen LogP contribution < -0.4 is 5.32 Å². The molecule has 0 fully saturated rings. The van der Waals surface area contributed by atoms with Crippen LogP contribution in [0.3, 0.4) is 0 Å². The minimum absolute atomic E-state index is 0.0143. The highest BCUT2D eigenvalue weighted by molar-refractivity contribution is 5.73. The van der Waals surface area contributed by atoms with E-state index in [4.69, 9.17) is 9.47 Å². The van der Waals surface area contributed by atoms with Gasteiger partial charge in [-0.15, -0.1) is 0 Å². The smallest absolute Gasteiger partial charge is 0.217 e. The van der Waals surface area contributed by atoms with Crippen LogP contribution in [0.5, 0.6) is 0 Å². The summed E-state index contributed by atoms with van der Waals surface area (Å²) in [4.78, 5) is 11.8. The largest absolute Gasteiger partial charge is 0.379 e. The van der Waals surface area contributed by atoms with Crippen molar-refractivity contribution in [3.05, 3.63) is 0 Å². The molecule has 0 aromatic carbocycles. The fourth-order valence-electron chi connectivity index (χ4n) is 6.64. The van der Waals surface area contributed by atoms with Crippen molar-refractivity contribution in [3.8, 4) is 0 Å². The van der Waals surface area contributed by atoms with E-state index in [2.05, 4.69) is 26.1 Å². The maximum Gasteiger partial charge on any atom is 0.217 e. The van der Waals surface area contributed by atoms with Crippen LogP contribution >= 0.6 is 0 Å². The fraction of sp³-hybridized carbons (Fsp3) is 0.976. The Bertz CT molecular complexity index is 555. The number of unbranched alkanes of at least 4 members (excludes halogenated alkanes) is 30. The molecule has 0 aliphatic heterocycles. The van der Waals surface area contributed by atoms with Crippen molar-refractivity contribution >= 4 is 5.91 Å². The van der Waals surface area contributed by atoms with E-state index < -0.39 is 5.54 Å². The lowest BCUT2D eigenvalue weighted by molar-refractivity contribution is -0.122. The molecule has 0 bridgehead atoms. The van der Waals surface area contributed by atoms with Crippen molar-refractivity contribution in [2.75, 3.05) is 26.4 Å². The van der Waals surface area contributed by atoms with Crippen LogP contribution in [0.25, 0.3) is 0 Å². The molecule has 46 heavy (non-hydrogen) atoms. The molecule has 0 aromatic heterocycles. The molecular formula is C42H85NO3. The maximum atomic E-state index is 11.8. The van der Waals surface area contributed by atoms with Gasteiger partial charge in [-0.1, -0.05) is 206 Å². The maximum absolute atomic E-state index is 11.8. The number of hydrogen-bond donors (Lipinski definition) is 1. The molecule has 276 valence electrons. The highest BCUT2D eigenvalue weighted by atomic mass is 16.5. The second-order valence-electron chi connectivity index (χ2n) is 15.0. The van der Waals surface area contributed by atoms with Gasteiger partial charge in [0, 0.05) is 20.1 Å². The van der Waals surface area contributed by atoms with Crippen molar-refractivity contribution in [1.29, 1.82) is 0 Å². The summed E-state index contributed by atoms with van der Waals surface area (Å²) in [6, 6.07) is 0. The molecule has 0 atom stereocenters. The van der Waals surface area contributed by atoms with Crippen LogP contribution in [0.1, 0.15) is 233 Å². The lowest BCUT2D eigenvalue weighted by atomic mass is 10.0. The lowest BCUT2D eigenvalue weighted by Crippen LogP contribution is -2.52. The number of rotatable bonds is 39. The predicted octanol–water partition coefficient (Wildman–Crippen LogP) is 13.4. The average Bonchev–Trinajstić information content (AvgIpc) is 3.03. The van der Waals surface area contributed by atoms with Crippen molar-refractivity contribution in [1.82, 2.24) is 5.32 Å². The zero-order valence-corrected chi connectivity index (χ0v) is 32.2. The Balaban J connectivity index is 3.57. The van der Waals surface area contributed by atoms with Gasteiger partial charge in [-0.2, -0.15) is 0 Å². The Labute approximate surface area is 290 Å². The van der Waals surface area contributed by atoms with Gasteiger partial charge < -0.3 is 14.8 Å². The molecule has 4 nitrogen and oxygen atoms in total. The molecule has 1 amide bonds. The van der Waals surface area contributed by atoms with E-state index in [-0.39, 0.29) is 5.91 Å². The Morgan fingerprint density at radius 1 is 0.413 bits per heavy atom. The molecule has 4 heteroatoms. The summed E-state index contributed by atoms with van der Waals surface area (Å²) in [5.41, 5.74) is -0.448. The first-order valence-corrected chi connectivity index (χ1v) is 21.0. The molecule has 1 N–H and O–H groups in total. The van der Waals surface area contributed by atoms with E-state index >= 15 is 0 Å². The number of carbonyl (C=O) groups is 1. The first-order chi connectivity index (χ1) is 22.5. The third-order valence-electron chi connectivity index (χ3n) is 9.60. The average molecular weight is 652 g/mol. The third-order valence-corrected chi connectivity index (χ3v) is 9.60. The van der Waals surface area contributed by atoms with Gasteiger partial charge in [0.2, 0.25) is 5.91 Å². The van der Waals surface area contributed by atoms with Crippen molar-refractivity contribution in [2.24, 2.45) is 0 Å². The Morgan fingerprint density at radius 3 is 0.848 bits per heavy atom. The molecule has 0 aromatic rings. The molecule has 0 aliphatic carbocycles. The molecule has 0 saturated carbocycles. The fourth-order valence-corrected chi connectivity index (χ4v) is 6.64. The van der Waals surface area contributed by atoms with Crippen LogP contribution in [-0.4, -0.2) is 37.9 Å². The van der Waals surface area contributed by atoms with Gasteiger partial charge in [0.1, 0.15) is 0 Å². The van der Waals surface area contributed by atoms with Gasteiger partial charge in [0.05, 0.1) is 18.8 Å². The van der Waals surface area contributed by atoms with Gasteiger partial charge >= 0.3 is 0 Å². The van der Waals surface area contributed by atoms with E-state index in [1.165, 1.54) is 193 Å². The number of nitrogens with one attached hydrogen (secondary N) is 1. The van der Waals surface area contributed by atoms with E-state index in [0.717, 1.165) is 26.1 Å². The highest BCUT2D eigenvalue weighted by Gasteiger charge is 2.26. The number of carbonyl (C=O) groups excluding carboxylic acids is 1. The molecule has 0 spiro atoms. The van der Waals surface area contributed by atoms with Gasteiger partial charge in [-0.25, -0.2) is 0 Å². The second-order valence-corrected chi connectivity index (χ2v) is 15.0. The van der Waals surface area contributed by atoms with Gasteiger partial charge in [-0.3, -0.25) is 4.79 Å². The molecular weight excluding hydrogens is 566 g/mol. The third kappa shape index (κ3) is 36.2. The molecule has 0 aliphatic rings. The van der Waals surface area contributed by atoms with Gasteiger partial charge in [0.25, 0.3) is 0 Å². The van der Waals surface area contributed by atoms with Crippen LogP contribution in [0, 0.1) is 0 Å². The summed E-state index contributed by atoms with van der Waals surface area (Å²) in [6.07, 6.45) is 44.2. The van der Waals surface area contributed by atoms with Crippen molar-refractivity contribution in [2.45, 2.75) is 239 Å². The minimum atomic E-state index is -0.448. The lowest BCUT2D eigenvalue weighted by Gasteiger charge is -2.30. The second kappa shape index (κ2) is 37.2. The first-order valence-electron chi connectivity index (χ1n) is 21.0. The summed E-state index contributed by atoms with van der Waals surface area (Å²) in [5, 5.41) is 3.08. The monoisotopic (exact) mass is 652 g/mol. The van der Waals surface area contributed by atoms with Crippen LogP contribution in [-0.2, 0) is 14.3 Å². The number of amides is 1. The normalized spacial score (nSPS) is 11.8. The zero-order valence-electron chi connectivity index (χ0n) is 32.2. The van der Waals surface area contributed by atoms with Crippen molar-refractivity contribution < 1.29 is 14.3 Å². The first kappa shape index (κ1) is 45.4. The molecule has 0 saturated heterocycles. The van der Waals surface area contributed by atoms with E-state index in [0.29, 0.717) is 13.2 Å². The van der Waals surface area contributed by atoms with Crippen LogP contribution in [0.2, 0.25) is 0 Å². The molecule has 0 heterocycles. The van der Waals surface area contributed by atoms with E-state index in [1.807, 2.05) is 0 Å². The Kier molecular flexibility index (Phi) is 36.7. The molecule has 0 rings (SSSR count). The summed E-state index contributed by atoms with van der Waals surface area (Å²) >= 11 is 0. The van der Waals surface area contributed by atoms with Gasteiger partial charge in [-0.05, 0) is 19.8 Å². The van der Waals surface area contributed by atoms with Crippen LogP contribution in [0.15, 0.2) is 0 Å². The summed E-state index contributed by atoms with van der Waals surface area (Å²) < 4.78 is 12.0. The summed E-state index contributed by atoms with van der Waals surface area (Å²) in [7, 11) is 0. The zero-order chi connectivity index (χ0) is 33.7. The topological polar surface area (TPSA) is 47.6 Å². The highest BCUT2D eigenvalue weighted by Crippen LogP contribution is 2.16. The minimum Gasteiger partial charge on any atom is -0.379 e. The van der Waals surface area contributed by atoms with Crippen molar-refractivity contribution in [3.63, 3.8) is 0 Å². The molecule has 0 radical (unpaired) electrons. The van der Waals surface area contributed by atoms with E-state index in [1.54, 1.807) is 6.92 Å². The Morgan fingerprint density at radius 2 is 0.630 bits per heavy atom. The summed E-state index contributed by atoms with van der Waals surface area (Å²) in [5.74, 6) is -0.0143. The number of ether oxygens (including phenoxy) is 2. The van der Waals surface area contributed by atoms with E-state index in [9.17, 15) is 4.79 Å². The van der Waals surface area contributed by atoms with Crippen LogP contribution in [0.4, 0.5) is 0 Å². The van der Waals surface area contributed by atoms with Gasteiger partial charge in [0.15, 0.2) is 0 Å². The standard InChI is InChI=1S/C42H85NO3/c1-5-7-9-11-13-15-17-19-21-23-25-27-29-31-33-35-37-45-39-42(4,43-41(3)44)40-46-38-36-34-32-30-28-26-24-22-20-18-16-14-12-10-8-6-2/h5-40H2,1-4H3,(H,43,44).